The van der Waals surface area contributed by atoms with Crippen molar-refractivity contribution in [3.05, 3.63) is 18.2 Å². The number of anilines is 2. The van der Waals surface area contributed by atoms with Crippen LogP contribution >= 0.6 is 0 Å². The lowest BCUT2D eigenvalue weighted by Crippen LogP contribution is -2.37. The Morgan fingerprint density at radius 3 is 2.81 bits per heavy atom. The fraction of sp³-hybridized carbons (Fsp3) is 0.625. The minimum absolute atomic E-state index is 0.281. The van der Waals surface area contributed by atoms with E-state index < -0.39 is 0 Å². The average molecular weight is 293 g/mol. The maximum atomic E-state index is 10.0. The van der Waals surface area contributed by atoms with Crippen LogP contribution in [0.2, 0.25) is 0 Å². The van der Waals surface area contributed by atoms with Crippen LogP contribution in [0.15, 0.2) is 18.2 Å². The second-order valence-electron chi connectivity index (χ2n) is 6.07. The van der Waals surface area contributed by atoms with Gasteiger partial charge in [-0.2, -0.15) is 0 Å². The smallest absolute Gasteiger partial charge is 0.123 e. The van der Waals surface area contributed by atoms with E-state index >= 15 is 0 Å². The maximum absolute atomic E-state index is 10.0. The summed E-state index contributed by atoms with van der Waals surface area (Å²) in [5.74, 6) is 0.803. The number of aliphatic hydroxyl groups excluding tert-OH is 1. The Balaban J connectivity index is 2.20. The van der Waals surface area contributed by atoms with Crippen molar-refractivity contribution in [1.29, 1.82) is 0 Å². The fourth-order valence-corrected chi connectivity index (χ4v) is 2.88. The summed E-state index contributed by atoms with van der Waals surface area (Å²) in [5.41, 5.74) is 7.73. The summed E-state index contributed by atoms with van der Waals surface area (Å²) in [6.07, 6.45) is 1.48. The minimum Gasteiger partial charge on any atom is -0.493 e. The molecule has 0 spiro atoms. The number of likely N-dealkylation sites (N-methyl/N-ethyl adjacent to an activating group) is 1. The van der Waals surface area contributed by atoms with Crippen LogP contribution in [0, 0.1) is 0 Å². The zero-order valence-electron chi connectivity index (χ0n) is 13.2. The average Bonchev–Trinajstić information content (AvgIpc) is 2.75. The van der Waals surface area contributed by atoms with Crippen molar-refractivity contribution >= 4 is 11.4 Å². The summed E-state index contributed by atoms with van der Waals surface area (Å²) in [6, 6.07) is 6.13. The van der Waals surface area contributed by atoms with Crippen LogP contribution in [0.25, 0.3) is 0 Å². The molecule has 1 aromatic carbocycles. The lowest BCUT2D eigenvalue weighted by atomic mass is 10.1. The molecule has 0 radical (unpaired) electrons. The first-order chi connectivity index (χ1) is 9.99. The second kappa shape index (κ2) is 7.00. The molecule has 5 nitrogen and oxygen atoms in total. The number of β-amino-alcohol motifs (C(OH)–C–C–N with tert-alkyl or cyclic N) is 1. The molecule has 118 valence electrons. The molecule has 1 saturated heterocycles. The fourth-order valence-electron chi connectivity index (χ4n) is 2.88. The predicted molar refractivity (Wildman–Crippen MR) is 87.0 cm³/mol. The Morgan fingerprint density at radius 2 is 2.14 bits per heavy atom. The molecule has 0 amide bonds. The van der Waals surface area contributed by atoms with Crippen molar-refractivity contribution in [1.82, 2.24) is 4.90 Å². The van der Waals surface area contributed by atoms with Crippen LogP contribution in [0.3, 0.4) is 0 Å². The Morgan fingerprint density at radius 1 is 1.38 bits per heavy atom. The zero-order chi connectivity index (χ0) is 15.4. The number of aliphatic hydroxyl groups is 1. The van der Waals surface area contributed by atoms with Gasteiger partial charge in [-0.25, -0.2) is 0 Å². The molecule has 21 heavy (non-hydrogen) atoms. The quantitative estimate of drug-likeness (QED) is 0.779. The van der Waals surface area contributed by atoms with Crippen LogP contribution in [-0.2, 0) is 0 Å². The molecular formula is C16H27N3O2. The summed E-state index contributed by atoms with van der Waals surface area (Å²) in [4.78, 5) is 4.39. The van der Waals surface area contributed by atoms with E-state index in [0.717, 1.165) is 30.8 Å². The Bertz CT molecular complexity index is 465. The van der Waals surface area contributed by atoms with Gasteiger partial charge in [0.15, 0.2) is 0 Å². The summed E-state index contributed by atoms with van der Waals surface area (Å²) in [5, 5.41) is 10.0. The van der Waals surface area contributed by atoms with E-state index in [1.807, 2.05) is 18.2 Å². The van der Waals surface area contributed by atoms with Gasteiger partial charge in [0.25, 0.3) is 0 Å². The number of rotatable bonds is 6. The molecule has 5 heteroatoms. The monoisotopic (exact) mass is 293 g/mol. The lowest BCUT2D eigenvalue weighted by Gasteiger charge is -2.29. The van der Waals surface area contributed by atoms with E-state index in [0.29, 0.717) is 24.9 Å². The van der Waals surface area contributed by atoms with E-state index in [1.165, 1.54) is 0 Å². The highest BCUT2D eigenvalue weighted by Crippen LogP contribution is 2.31. The second-order valence-corrected chi connectivity index (χ2v) is 6.07. The van der Waals surface area contributed by atoms with Gasteiger partial charge >= 0.3 is 0 Å². The third kappa shape index (κ3) is 4.25. The van der Waals surface area contributed by atoms with Crippen LogP contribution in [0.4, 0.5) is 11.4 Å². The molecule has 2 atom stereocenters. The summed E-state index contributed by atoms with van der Waals surface area (Å²) < 4.78 is 5.70. The van der Waals surface area contributed by atoms with E-state index in [9.17, 15) is 5.11 Å². The van der Waals surface area contributed by atoms with Gasteiger partial charge in [-0.05, 0) is 33.0 Å². The van der Waals surface area contributed by atoms with Gasteiger partial charge in [-0.15, -0.1) is 0 Å². The Kier molecular flexibility index (Phi) is 5.31. The van der Waals surface area contributed by atoms with E-state index in [4.69, 9.17) is 10.5 Å². The summed E-state index contributed by atoms with van der Waals surface area (Å²) in [6.45, 7) is 4.33. The van der Waals surface area contributed by atoms with Gasteiger partial charge in [0.2, 0.25) is 0 Å². The highest BCUT2D eigenvalue weighted by molar-refractivity contribution is 5.61. The lowest BCUT2D eigenvalue weighted by molar-refractivity contribution is 0.191. The Hall–Kier alpha value is -1.46. The zero-order valence-corrected chi connectivity index (χ0v) is 13.2. The highest BCUT2D eigenvalue weighted by Gasteiger charge is 2.31. The summed E-state index contributed by atoms with van der Waals surface area (Å²) in [7, 11) is 4.11. The number of benzene rings is 1. The topological polar surface area (TPSA) is 62.0 Å². The number of ether oxygens (including phenoxy) is 1. The minimum atomic E-state index is -0.281. The first-order valence-corrected chi connectivity index (χ1v) is 7.62. The third-order valence-electron chi connectivity index (χ3n) is 3.69. The molecule has 0 saturated carbocycles. The molecular weight excluding hydrogens is 266 g/mol. The normalized spacial score (nSPS) is 22.0. The Labute approximate surface area is 127 Å². The molecule has 1 aliphatic rings. The van der Waals surface area contributed by atoms with Crippen molar-refractivity contribution in [3.8, 4) is 5.75 Å². The molecule has 1 aliphatic heterocycles. The number of hydrogen-bond donors (Lipinski definition) is 2. The molecule has 1 heterocycles. The van der Waals surface area contributed by atoms with Crippen molar-refractivity contribution in [2.45, 2.75) is 31.9 Å². The molecule has 0 bridgehead atoms. The highest BCUT2D eigenvalue weighted by atomic mass is 16.5. The van der Waals surface area contributed by atoms with Crippen LogP contribution < -0.4 is 15.4 Å². The van der Waals surface area contributed by atoms with Crippen LogP contribution in [0.1, 0.15) is 19.8 Å². The largest absolute Gasteiger partial charge is 0.493 e. The molecule has 3 N–H and O–H groups in total. The molecule has 0 aliphatic carbocycles. The molecule has 2 rings (SSSR count). The van der Waals surface area contributed by atoms with Gasteiger partial charge in [-0.3, -0.25) is 0 Å². The number of hydrogen-bond acceptors (Lipinski definition) is 5. The van der Waals surface area contributed by atoms with Gasteiger partial charge in [0.05, 0.1) is 12.7 Å². The first kappa shape index (κ1) is 15.9. The van der Waals surface area contributed by atoms with Gasteiger partial charge in [0.1, 0.15) is 5.75 Å². The van der Waals surface area contributed by atoms with Gasteiger partial charge in [-0.1, -0.05) is 6.92 Å². The molecule has 1 aromatic rings. The molecule has 2 unspecified atom stereocenters. The summed E-state index contributed by atoms with van der Waals surface area (Å²) >= 11 is 0. The standard InChI is InChI=1S/C16H27N3O2/c1-4-5-21-16-7-12(17)6-13(9-16)19-11-15(20)8-14(19)10-18(2)3/h6-7,9,14-15,20H,4-5,8,10-11,17H2,1-3H3. The van der Waals surface area contributed by atoms with Crippen molar-refractivity contribution in [2.75, 3.05) is 44.4 Å². The number of nitrogens with two attached hydrogens (primary N) is 1. The number of nitrogens with zero attached hydrogens (tertiary/aromatic N) is 2. The predicted octanol–water partition coefficient (Wildman–Crippen LogP) is 1.56. The van der Waals surface area contributed by atoms with E-state index in [-0.39, 0.29) is 6.10 Å². The maximum Gasteiger partial charge on any atom is 0.123 e. The van der Waals surface area contributed by atoms with E-state index in [1.54, 1.807) is 0 Å². The van der Waals surface area contributed by atoms with E-state index in [2.05, 4.69) is 30.8 Å². The van der Waals surface area contributed by atoms with Gasteiger partial charge < -0.3 is 25.4 Å². The number of nitrogen functional groups attached to an aromatic ring is 1. The molecule has 0 aromatic heterocycles. The van der Waals surface area contributed by atoms with Crippen LogP contribution in [-0.4, -0.2) is 55.9 Å². The van der Waals surface area contributed by atoms with Crippen molar-refractivity contribution in [3.63, 3.8) is 0 Å². The SMILES string of the molecule is CCCOc1cc(N)cc(N2CC(O)CC2CN(C)C)c1. The van der Waals surface area contributed by atoms with Crippen molar-refractivity contribution in [2.24, 2.45) is 0 Å². The third-order valence-corrected chi connectivity index (χ3v) is 3.69. The first-order valence-electron chi connectivity index (χ1n) is 7.62. The van der Waals surface area contributed by atoms with Crippen molar-refractivity contribution < 1.29 is 9.84 Å². The van der Waals surface area contributed by atoms with Gasteiger partial charge in [0, 0.05) is 42.6 Å². The van der Waals surface area contributed by atoms with Crippen LogP contribution in [0.5, 0.6) is 5.75 Å². The molecule has 1 fully saturated rings.